The maximum absolute atomic E-state index is 11.7. The minimum Gasteiger partial charge on any atom is -0.426 e. The molecule has 2 aliphatic rings. The monoisotopic (exact) mass is 428 g/mol. The molecule has 0 spiro atoms. The molecule has 9 nitrogen and oxygen atoms in total. The lowest BCUT2D eigenvalue weighted by Gasteiger charge is -2.28. The van der Waals surface area contributed by atoms with Crippen LogP contribution in [0.25, 0.3) is 0 Å². The number of hydrogen-bond donors (Lipinski definition) is 2. The number of carbonyl (C=O) groups excluding carboxylic acids is 1. The van der Waals surface area contributed by atoms with Gasteiger partial charge in [-0.15, -0.1) is 6.42 Å². The Morgan fingerprint density at radius 1 is 1.47 bits per heavy atom. The Hall–Kier alpha value is -2.89. The first-order valence-electron chi connectivity index (χ1n) is 9.29. The number of para-hydroxylation sites is 1. The third kappa shape index (κ3) is 3.78. The number of terminal acetylenes is 1. The van der Waals surface area contributed by atoms with Gasteiger partial charge in [0.1, 0.15) is 11.6 Å². The fourth-order valence-corrected chi connectivity index (χ4v) is 4.53. The molecule has 1 fully saturated rings. The Balaban J connectivity index is 1.44. The van der Waals surface area contributed by atoms with Gasteiger partial charge in [-0.1, -0.05) is 18.2 Å². The van der Waals surface area contributed by atoms with Gasteiger partial charge in [-0.2, -0.15) is 0 Å². The van der Waals surface area contributed by atoms with Gasteiger partial charge in [0, 0.05) is 18.2 Å². The largest absolute Gasteiger partial charge is 0.426 e. The molecule has 10 heteroatoms. The van der Waals surface area contributed by atoms with Gasteiger partial charge in [0.2, 0.25) is 5.72 Å². The van der Waals surface area contributed by atoms with E-state index >= 15 is 0 Å². The molecule has 156 valence electrons. The highest BCUT2D eigenvalue weighted by Gasteiger charge is 2.43. The number of benzene rings is 1. The van der Waals surface area contributed by atoms with Crippen LogP contribution in [0.15, 0.2) is 41.5 Å². The predicted molar refractivity (Wildman–Crippen MR) is 111 cm³/mol. The van der Waals surface area contributed by atoms with E-state index in [-0.39, 0.29) is 24.1 Å². The number of ether oxygens (including phenoxy) is 1. The SMILES string of the molecule is C#CC1(n2ccc(C(N)=O)c2/N=C\N)CCC(COP2OCc3ccccc3O2)O1. The van der Waals surface area contributed by atoms with Gasteiger partial charge in [-0.3, -0.25) is 18.4 Å². The highest BCUT2D eigenvalue weighted by molar-refractivity contribution is 7.42. The van der Waals surface area contributed by atoms with E-state index in [1.807, 2.05) is 24.3 Å². The van der Waals surface area contributed by atoms with E-state index in [0.29, 0.717) is 19.4 Å². The summed E-state index contributed by atoms with van der Waals surface area (Å²) in [5, 5.41) is 0. The number of aliphatic imine (C=N–C) groups is 1. The van der Waals surface area contributed by atoms with Crippen LogP contribution in [0.3, 0.4) is 0 Å². The van der Waals surface area contributed by atoms with Crippen molar-refractivity contribution in [3.8, 4) is 18.1 Å². The molecule has 0 radical (unpaired) electrons. The molecular weight excluding hydrogens is 407 g/mol. The first-order chi connectivity index (χ1) is 14.6. The molecule has 2 aromatic rings. The molecule has 1 saturated heterocycles. The Labute approximate surface area is 174 Å². The quantitative estimate of drug-likeness (QED) is 0.315. The number of aromatic nitrogens is 1. The molecule has 3 unspecified atom stereocenters. The second-order valence-electron chi connectivity index (χ2n) is 6.76. The number of amides is 1. The Kier molecular flexibility index (Phi) is 5.75. The lowest BCUT2D eigenvalue weighted by Crippen LogP contribution is -2.32. The van der Waals surface area contributed by atoms with Gasteiger partial charge >= 0.3 is 8.60 Å². The average Bonchev–Trinajstić information content (AvgIpc) is 3.37. The van der Waals surface area contributed by atoms with Crippen LogP contribution in [0.1, 0.15) is 28.8 Å². The molecule has 2 aliphatic heterocycles. The van der Waals surface area contributed by atoms with E-state index in [1.54, 1.807) is 16.8 Å². The maximum atomic E-state index is 11.7. The number of nitrogens with two attached hydrogens (primary N) is 2. The topological polar surface area (TPSA) is 123 Å². The van der Waals surface area contributed by atoms with Crippen LogP contribution in [0.2, 0.25) is 0 Å². The van der Waals surface area contributed by atoms with Crippen LogP contribution >= 0.6 is 8.60 Å². The van der Waals surface area contributed by atoms with Gasteiger partial charge in [-0.05, 0) is 24.5 Å². The standard InChI is InChI=1S/C20H21N4O5P/c1-2-20(24-10-8-16(18(22)25)19(24)23-13-21)9-7-15(28-20)12-27-30-26-11-14-5-3-4-6-17(14)29-30/h1,3-6,8,10,13,15H,7,9,11-12H2,(H2,21,23)(H2,22,25). The van der Waals surface area contributed by atoms with Gasteiger partial charge < -0.3 is 20.7 Å². The molecule has 0 aliphatic carbocycles. The summed E-state index contributed by atoms with van der Waals surface area (Å²) in [6.45, 7) is 0.679. The molecule has 0 saturated carbocycles. The maximum Gasteiger partial charge on any atom is 0.397 e. The second kappa shape index (κ2) is 8.46. The number of rotatable bonds is 6. The number of hydrogen-bond acceptors (Lipinski definition) is 6. The van der Waals surface area contributed by atoms with E-state index in [0.717, 1.165) is 17.7 Å². The van der Waals surface area contributed by atoms with Gasteiger partial charge in [0.05, 0.1) is 31.2 Å². The zero-order valence-electron chi connectivity index (χ0n) is 16.1. The highest BCUT2D eigenvalue weighted by Crippen LogP contribution is 2.48. The van der Waals surface area contributed by atoms with E-state index in [2.05, 4.69) is 10.9 Å². The molecule has 3 heterocycles. The van der Waals surface area contributed by atoms with E-state index in [9.17, 15) is 4.79 Å². The summed E-state index contributed by atoms with van der Waals surface area (Å²) in [7, 11) is -1.52. The number of nitrogens with zero attached hydrogens (tertiary/aromatic N) is 2. The summed E-state index contributed by atoms with van der Waals surface area (Å²) in [4.78, 5) is 15.8. The van der Waals surface area contributed by atoms with Crippen LogP contribution in [-0.2, 0) is 26.1 Å². The van der Waals surface area contributed by atoms with Crippen molar-refractivity contribution < 1.29 is 23.1 Å². The summed E-state index contributed by atoms with van der Waals surface area (Å²) in [5.74, 6) is 3.07. The van der Waals surface area contributed by atoms with Crippen LogP contribution in [0.5, 0.6) is 5.75 Å². The van der Waals surface area contributed by atoms with E-state index < -0.39 is 20.2 Å². The zero-order chi connectivity index (χ0) is 21.1. The van der Waals surface area contributed by atoms with Crippen molar-refractivity contribution in [1.29, 1.82) is 0 Å². The molecule has 1 amide bonds. The molecule has 3 atom stereocenters. The molecule has 4 rings (SSSR count). The van der Waals surface area contributed by atoms with Crippen molar-refractivity contribution in [3.05, 3.63) is 47.7 Å². The van der Waals surface area contributed by atoms with Gasteiger partial charge in [0.25, 0.3) is 5.91 Å². The second-order valence-corrected chi connectivity index (χ2v) is 7.91. The fourth-order valence-electron chi connectivity index (χ4n) is 3.48. The Morgan fingerprint density at radius 2 is 2.30 bits per heavy atom. The molecule has 4 N–H and O–H groups in total. The minimum absolute atomic E-state index is 0.209. The van der Waals surface area contributed by atoms with Crippen molar-refractivity contribution in [2.75, 3.05) is 6.61 Å². The lowest BCUT2D eigenvalue weighted by atomic mass is 10.1. The minimum atomic E-state index is -1.52. The third-order valence-corrected chi connectivity index (χ3v) is 5.99. The summed E-state index contributed by atoms with van der Waals surface area (Å²) >= 11 is 0. The van der Waals surface area contributed by atoms with E-state index in [4.69, 9.17) is 36.2 Å². The van der Waals surface area contributed by atoms with Crippen molar-refractivity contribution in [2.45, 2.75) is 31.3 Å². The molecule has 30 heavy (non-hydrogen) atoms. The summed E-state index contributed by atoms with van der Waals surface area (Å²) < 4.78 is 25.0. The molecule has 1 aromatic heterocycles. The Morgan fingerprint density at radius 3 is 3.07 bits per heavy atom. The number of fused-ring (bicyclic) bond motifs is 1. The third-order valence-electron chi connectivity index (χ3n) is 4.94. The molecule has 0 bridgehead atoms. The predicted octanol–water partition coefficient (Wildman–Crippen LogP) is 2.52. The van der Waals surface area contributed by atoms with Crippen molar-refractivity contribution in [2.24, 2.45) is 16.5 Å². The van der Waals surface area contributed by atoms with Crippen LogP contribution in [-0.4, -0.2) is 29.5 Å². The van der Waals surface area contributed by atoms with Gasteiger partial charge in [0.15, 0.2) is 0 Å². The average molecular weight is 428 g/mol. The summed E-state index contributed by atoms with van der Waals surface area (Å²) in [5.41, 5.74) is 10.9. The normalized spacial score (nSPS) is 25.6. The smallest absolute Gasteiger partial charge is 0.397 e. The van der Waals surface area contributed by atoms with Crippen molar-refractivity contribution in [1.82, 2.24) is 4.57 Å². The van der Waals surface area contributed by atoms with Crippen LogP contribution < -0.4 is 16.0 Å². The number of primary amides is 1. The van der Waals surface area contributed by atoms with Crippen molar-refractivity contribution in [3.63, 3.8) is 0 Å². The highest BCUT2D eigenvalue weighted by atomic mass is 31.2. The molecule has 1 aromatic carbocycles. The lowest BCUT2D eigenvalue weighted by molar-refractivity contribution is -0.0670. The van der Waals surface area contributed by atoms with Crippen molar-refractivity contribution >= 4 is 26.7 Å². The first-order valence-corrected chi connectivity index (χ1v) is 10.4. The fraction of sp³-hybridized carbons (Fsp3) is 0.300. The van der Waals surface area contributed by atoms with Crippen LogP contribution in [0, 0.1) is 12.3 Å². The summed E-state index contributed by atoms with van der Waals surface area (Å²) in [6, 6.07) is 9.20. The van der Waals surface area contributed by atoms with Crippen LogP contribution in [0.4, 0.5) is 5.82 Å². The summed E-state index contributed by atoms with van der Waals surface area (Å²) in [6.07, 6.45) is 9.38. The molecular formula is C20H21N4O5P. The number of carbonyl (C=O) groups is 1. The Bertz CT molecular complexity index is 1020. The zero-order valence-corrected chi connectivity index (χ0v) is 17.0. The first kappa shape index (κ1) is 20.4. The van der Waals surface area contributed by atoms with E-state index in [1.165, 1.54) is 0 Å². The van der Waals surface area contributed by atoms with Gasteiger partial charge in [-0.25, -0.2) is 4.99 Å².